The fraction of sp³-hybridized carbons (Fsp3) is 0.360. The van der Waals surface area contributed by atoms with E-state index in [1.54, 1.807) is 13.8 Å². The molecule has 0 radical (unpaired) electrons. The molecule has 1 N–H and O–H groups in total. The Bertz CT molecular complexity index is 1340. The van der Waals surface area contributed by atoms with Crippen LogP contribution in [-0.2, 0) is 14.8 Å². The van der Waals surface area contributed by atoms with E-state index in [1.165, 1.54) is 4.31 Å². The summed E-state index contributed by atoms with van der Waals surface area (Å²) in [6.07, 6.45) is 0.834. The molecule has 2 heterocycles. The molecule has 1 saturated heterocycles. The molecular formula is C25H29N5O4S. The van der Waals surface area contributed by atoms with Crippen molar-refractivity contribution < 1.29 is 17.7 Å². The minimum Gasteiger partial charge on any atom is -0.360 e. The summed E-state index contributed by atoms with van der Waals surface area (Å²) in [6.45, 7) is 7.65. The summed E-state index contributed by atoms with van der Waals surface area (Å²) < 4.78 is 32.5. The third-order valence-corrected chi connectivity index (χ3v) is 8.25. The number of nitrogens with one attached hydrogen (secondary N) is 1. The Morgan fingerprint density at radius 2 is 1.66 bits per heavy atom. The fourth-order valence-electron chi connectivity index (χ4n) is 4.12. The van der Waals surface area contributed by atoms with Gasteiger partial charge in [0.25, 0.3) is 0 Å². The zero-order valence-electron chi connectivity index (χ0n) is 20.3. The summed E-state index contributed by atoms with van der Waals surface area (Å²) in [6, 6.07) is 13.3. The first-order valence-electron chi connectivity index (χ1n) is 11.5. The minimum atomic E-state index is -3.72. The highest BCUT2D eigenvalue weighted by Crippen LogP contribution is 2.31. The molecule has 3 aromatic rings. The van der Waals surface area contributed by atoms with Crippen LogP contribution >= 0.6 is 0 Å². The van der Waals surface area contributed by atoms with Gasteiger partial charge in [0.1, 0.15) is 16.3 Å². The maximum absolute atomic E-state index is 13.0. The smallest absolute Gasteiger partial charge is 0.248 e. The van der Waals surface area contributed by atoms with Crippen LogP contribution in [0.25, 0.3) is 0 Å². The van der Waals surface area contributed by atoms with Crippen molar-refractivity contribution in [2.45, 2.75) is 45.4 Å². The molecule has 9 nitrogen and oxygen atoms in total. The largest absolute Gasteiger partial charge is 0.360 e. The molecule has 35 heavy (non-hydrogen) atoms. The Morgan fingerprint density at radius 1 is 1.00 bits per heavy atom. The van der Waals surface area contributed by atoms with Crippen LogP contribution in [0, 0.1) is 33.6 Å². The molecule has 0 saturated carbocycles. The van der Waals surface area contributed by atoms with Gasteiger partial charge in [0.2, 0.25) is 15.9 Å². The molecule has 0 atom stereocenters. The fourth-order valence-corrected chi connectivity index (χ4v) is 5.88. The minimum absolute atomic E-state index is 0.114. The molecule has 0 bridgehead atoms. The Kier molecular flexibility index (Phi) is 7.13. The van der Waals surface area contributed by atoms with Crippen LogP contribution in [0.5, 0.6) is 0 Å². The van der Waals surface area contributed by atoms with Crippen LogP contribution < -0.4 is 5.32 Å². The SMILES string of the molecule is Cc1ccc(N=Nc2cc(C)ccc2NC(=O)C2CCN(S(=O)(=O)c3c(C)noc3C)CC2)cc1. The Labute approximate surface area is 205 Å². The number of aryl methyl sites for hydroxylation is 4. The average Bonchev–Trinajstić information content (AvgIpc) is 3.18. The molecule has 1 aliphatic rings. The van der Waals surface area contributed by atoms with Gasteiger partial charge in [-0.05, 0) is 70.4 Å². The first-order chi connectivity index (χ1) is 16.6. The molecular weight excluding hydrogens is 466 g/mol. The van der Waals surface area contributed by atoms with E-state index < -0.39 is 10.0 Å². The highest BCUT2D eigenvalue weighted by atomic mass is 32.2. The maximum atomic E-state index is 13.0. The van der Waals surface area contributed by atoms with Crippen LogP contribution in [0.1, 0.15) is 35.4 Å². The summed E-state index contributed by atoms with van der Waals surface area (Å²) in [5.41, 5.74) is 4.34. The highest BCUT2D eigenvalue weighted by Gasteiger charge is 2.35. The number of amides is 1. The summed E-state index contributed by atoms with van der Waals surface area (Å²) in [4.78, 5) is 13.1. The number of benzene rings is 2. The molecule has 2 aromatic carbocycles. The van der Waals surface area contributed by atoms with Crippen LogP contribution in [0.15, 0.2) is 62.1 Å². The molecule has 0 unspecified atom stereocenters. The van der Waals surface area contributed by atoms with Crippen molar-refractivity contribution in [1.29, 1.82) is 0 Å². The van der Waals surface area contributed by atoms with E-state index in [2.05, 4.69) is 20.7 Å². The first-order valence-corrected chi connectivity index (χ1v) is 12.9. The lowest BCUT2D eigenvalue weighted by atomic mass is 9.97. The number of carbonyl (C=O) groups is 1. The Balaban J connectivity index is 1.43. The number of azo groups is 1. The second-order valence-electron chi connectivity index (χ2n) is 8.88. The van der Waals surface area contributed by atoms with Crippen molar-refractivity contribution in [2.24, 2.45) is 16.1 Å². The van der Waals surface area contributed by atoms with Crippen LogP contribution in [0.2, 0.25) is 0 Å². The van der Waals surface area contributed by atoms with Gasteiger partial charge in [0, 0.05) is 19.0 Å². The normalized spacial score (nSPS) is 15.5. The number of hydrogen-bond donors (Lipinski definition) is 1. The molecule has 0 spiro atoms. The van der Waals surface area contributed by atoms with Crippen molar-refractivity contribution in [1.82, 2.24) is 9.46 Å². The molecule has 184 valence electrons. The molecule has 1 aliphatic heterocycles. The van der Waals surface area contributed by atoms with Gasteiger partial charge >= 0.3 is 0 Å². The van der Waals surface area contributed by atoms with E-state index in [1.807, 2.05) is 56.3 Å². The van der Waals surface area contributed by atoms with Crippen molar-refractivity contribution in [3.05, 3.63) is 65.0 Å². The van der Waals surface area contributed by atoms with Gasteiger partial charge in [-0.15, -0.1) is 5.11 Å². The number of sulfonamides is 1. The lowest BCUT2D eigenvalue weighted by molar-refractivity contribution is -0.120. The zero-order valence-corrected chi connectivity index (χ0v) is 21.1. The van der Waals surface area contributed by atoms with Gasteiger partial charge in [0.15, 0.2) is 5.76 Å². The van der Waals surface area contributed by atoms with Gasteiger partial charge in [0.05, 0.1) is 11.4 Å². The molecule has 1 amide bonds. The maximum Gasteiger partial charge on any atom is 0.248 e. The zero-order chi connectivity index (χ0) is 25.2. The van der Waals surface area contributed by atoms with E-state index in [9.17, 15) is 13.2 Å². The number of aromatic nitrogens is 1. The van der Waals surface area contributed by atoms with Crippen LogP contribution in [0.4, 0.5) is 17.1 Å². The second-order valence-corrected chi connectivity index (χ2v) is 10.8. The van der Waals surface area contributed by atoms with Gasteiger partial charge < -0.3 is 9.84 Å². The van der Waals surface area contributed by atoms with E-state index in [-0.39, 0.29) is 35.6 Å². The van der Waals surface area contributed by atoms with Crippen LogP contribution in [0.3, 0.4) is 0 Å². The van der Waals surface area contributed by atoms with E-state index in [0.29, 0.717) is 29.9 Å². The van der Waals surface area contributed by atoms with Gasteiger partial charge in [-0.3, -0.25) is 4.79 Å². The average molecular weight is 496 g/mol. The molecule has 10 heteroatoms. The third-order valence-electron chi connectivity index (χ3n) is 6.11. The Hall–Kier alpha value is -3.37. The van der Waals surface area contributed by atoms with E-state index in [4.69, 9.17) is 4.52 Å². The topological polar surface area (TPSA) is 117 Å². The van der Waals surface area contributed by atoms with Crippen molar-refractivity contribution in [2.75, 3.05) is 18.4 Å². The standard InChI is InChI=1S/C25H29N5O4S/c1-16-5-8-21(9-6-16)27-28-23-15-17(2)7-10-22(23)26-25(31)20-11-13-30(14-12-20)35(32,33)24-18(3)29-34-19(24)4/h5-10,15,20H,11-14H2,1-4H3,(H,26,31). The summed E-state index contributed by atoms with van der Waals surface area (Å²) in [5, 5.41) is 15.4. The predicted octanol–water partition coefficient (Wildman–Crippen LogP) is 5.36. The predicted molar refractivity (Wildman–Crippen MR) is 133 cm³/mol. The van der Waals surface area contributed by atoms with Gasteiger partial charge in [-0.1, -0.05) is 28.9 Å². The number of hydrogen-bond acceptors (Lipinski definition) is 7. The number of piperidine rings is 1. The molecule has 4 rings (SSSR count). The van der Waals surface area contributed by atoms with E-state index in [0.717, 1.165) is 16.8 Å². The van der Waals surface area contributed by atoms with Gasteiger partial charge in [-0.2, -0.15) is 9.42 Å². The number of carbonyl (C=O) groups excluding carboxylic acids is 1. The lowest BCUT2D eigenvalue weighted by Crippen LogP contribution is -2.41. The highest BCUT2D eigenvalue weighted by molar-refractivity contribution is 7.89. The van der Waals surface area contributed by atoms with Crippen molar-refractivity contribution >= 4 is 33.0 Å². The van der Waals surface area contributed by atoms with E-state index >= 15 is 0 Å². The summed E-state index contributed by atoms with van der Waals surface area (Å²) >= 11 is 0. The quantitative estimate of drug-likeness (QED) is 0.462. The second kappa shape index (κ2) is 10.1. The third kappa shape index (κ3) is 5.49. The summed E-state index contributed by atoms with van der Waals surface area (Å²) in [7, 11) is -3.72. The van der Waals surface area contributed by atoms with Crippen LogP contribution in [-0.4, -0.2) is 36.9 Å². The summed E-state index contributed by atoms with van der Waals surface area (Å²) in [5.74, 6) is -0.196. The molecule has 1 aromatic heterocycles. The Morgan fingerprint density at radius 3 is 2.29 bits per heavy atom. The first kappa shape index (κ1) is 24.7. The number of anilines is 1. The number of nitrogens with zero attached hydrogens (tertiary/aromatic N) is 4. The lowest BCUT2D eigenvalue weighted by Gasteiger charge is -2.30. The molecule has 0 aliphatic carbocycles. The van der Waals surface area contributed by atoms with Crippen molar-refractivity contribution in [3.8, 4) is 0 Å². The molecule has 1 fully saturated rings. The number of rotatable bonds is 6. The monoisotopic (exact) mass is 495 g/mol. The van der Waals surface area contributed by atoms with Gasteiger partial charge in [-0.25, -0.2) is 8.42 Å². The van der Waals surface area contributed by atoms with Crippen molar-refractivity contribution in [3.63, 3.8) is 0 Å².